The minimum atomic E-state index is -0.243. The van der Waals surface area contributed by atoms with E-state index in [0.717, 1.165) is 24.1 Å². The molecule has 0 unspecified atom stereocenters. The fourth-order valence-electron chi connectivity index (χ4n) is 3.16. The molecule has 1 aliphatic rings. The van der Waals surface area contributed by atoms with Gasteiger partial charge in [-0.25, -0.2) is 4.79 Å². The standard InChI is InChI=1S/C19H21N5O/c1-13(18-23-22-16-9-5-6-12-24(16)18)20-19(25)21-17(15-10-11-15)14-7-3-2-4-8-14/h2-9,12-13,15,17H,10-11H2,1H3,(H2,20,21,25)/t13-,17+/m0/s1. The summed E-state index contributed by atoms with van der Waals surface area (Å²) in [6.45, 7) is 1.91. The van der Waals surface area contributed by atoms with Crippen LogP contribution in [0.4, 0.5) is 4.79 Å². The number of fused-ring (bicyclic) bond motifs is 1. The number of rotatable bonds is 5. The molecule has 0 spiro atoms. The number of aromatic nitrogens is 3. The highest BCUT2D eigenvalue weighted by molar-refractivity contribution is 5.75. The lowest BCUT2D eigenvalue weighted by atomic mass is 10.0. The molecule has 2 heterocycles. The molecule has 1 aliphatic carbocycles. The first-order valence-electron chi connectivity index (χ1n) is 8.64. The van der Waals surface area contributed by atoms with E-state index in [2.05, 4.69) is 33.0 Å². The smallest absolute Gasteiger partial charge is 0.315 e. The van der Waals surface area contributed by atoms with Gasteiger partial charge in [0.2, 0.25) is 0 Å². The summed E-state index contributed by atoms with van der Waals surface area (Å²) in [6.07, 6.45) is 4.21. The highest BCUT2D eigenvalue weighted by Crippen LogP contribution is 2.40. The van der Waals surface area contributed by atoms with E-state index in [0.29, 0.717) is 11.7 Å². The van der Waals surface area contributed by atoms with Gasteiger partial charge in [-0.05, 0) is 43.4 Å². The molecule has 1 fully saturated rings. The summed E-state index contributed by atoms with van der Waals surface area (Å²) in [5.74, 6) is 1.24. The molecule has 2 aromatic heterocycles. The van der Waals surface area contributed by atoms with Gasteiger partial charge in [0.15, 0.2) is 11.5 Å². The Morgan fingerprint density at radius 2 is 1.84 bits per heavy atom. The molecule has 25 heavy (non-hydrogen) atoms. The Balaban J connectivity index is 1.46. The molecule has 3 aromatic rings. The van der Waals surface area contributed by atoms with Gasteiger partial charge in [-0.15, -0.1) is 10.2 Å². The van der Waals surface area contributed by atoms with Crippen LogP contribution in [-0.2, 0) is 0 Å². The quantitative estimate of drug-likeness (QED) is 0.752. The molecule has 0 saturated heterocycles. The summed E-state index contributed by atoms with van der Waals surface area (Å²) >= 11 is 0. The van der Waals surface area contributed by atoms with E-state index < -0.39 is 0 Å². The lowest BCUT2D eigenvalue weighted by Gasteiger charge is -2.21. The fourth-order valence-corrected chi connectivity index (χ4v) is 3.16. The Hall–Kier alpha value is -2.89. The number of nitrogens with zero attached hydrogens (tertiary/aromatic N) is 3. The molecule has 1 aromatic carbocycles. The minimum Gasteiger partial charge on any atom is -0.331 e. The third-order valence-electron chi connectivity index (χ3n) is 4.61. The highest BCUT2D eigenvalue weighted by Gasteiger charge is 2.33. The Kier molecular flexibility index (Phi) is 4.09. The first kappa shape index (κ1) is 15.6. The van der Waals surface area contributed by atoms with Gasteiger partial charge in [-0.2, -0.15) is 0 Å². The second-order valence-corrected chi connectivity index (χ2v) is 6.55. The maximum absolute atomic E-state index is 12.5. The molecular formula is C19H21N5O. The molecule has 128 valence electrons. The van der Waals surface area contributed by atoms with Crippen LogP contribution in [0, 0.1) is 5.92 Å². The molecule has 4 rings (SSSR count). The Morgan fingerprint density at radius 3 is 2.60 bits per heavy atom. The van der Waals surface area contributed by atoms with Crippen molar-refractivity contribution >= 4 is 11.7 Å². The predicted molar refractivity (Wildman–Crippen MR) is 95.0 cm³/mol. The molecular weight excluding hydrogens is 314 g/mol. The number of amides is 2. The largest absolute Gasteiger partial charge is 0.331 e. The molecule has 0 bridgehead atoms. The van der Waals surface area contributed by atoms with Gasteiger partial charge in [0, 0.05) is 6.20 Å². The molecule has 1 saturated carbocycles. The zero-order valence-corrected chi connectivity index (χ0v) is 14.1. The normalized spacial score (nSPS) is 16.4. The number of hydrogen-bond acceptors (Lipinski definition) is 3. The van der Waals surface area contributed by atoms with Gasteiger partial charge in [0.1, 0.15) is 0 Å². The molecule has 6 heteroatoms. The lowest BCUT2D eigenvalue weighted by Crippen LogP contribution is -2.40. The molecule has 0 radical (unpaired) electrons. The van der Waals surface area contributed by atoms with Gasteiger partial charge < -0.3 is 10.6 Å². The van der Waals surface area contributed by atoms with E-state index in [9.17, 15) is 4.79 Å². The second kappa shape index (κ2) is 6.55. The third kappa shape index (κ3) is 3.33. The zero-order chi connectivity index (χ0) is 17.2. The number of pyridine rings is 1. The van der Waals surface area contributed by atoms with E-state index in [1.165, 1.54) is 0 Å². The van der Waals surface area contributed by atoms with Gasteiger partial charge in [-0.3, -0.25) is 4.40 Å². The Labute approximate surface area is 146 Å². The van der Waals surface area contributed by atoms with Crippen LogP contribution in [0.3, 0.4) is 0 Å². The van der Waals surface area contributed by atoms with Crippen molar-refractivity contribution in [3.05, 3.63) is 66.1 Å². The molecule has 2 amide bonds. The van der Waals surface area contributed by atoms with Crippen molar-refractivity contribution in [3.8, 4) is 0 Å². The van der Waals surface area contributed by atoms with Crippen LogP contribution in [0.25, 0.3) is 5.65 Å². The maximum Gasteiger partial charge on any atom is 0.315 e. The SMILES string of the molecule is C[C@H](NC(=O)N[C@H](c1ccccc1)C1CC1)c1nnc2ccccn12. The van der Waals surface area contributed by atoms with Crippen LogP contribution < -0.4 is 10.6 Å². The maximum atomic E-state index is 12.5. The number of hydrogen-bond donors (Lipinski definition) is 2. The van der Waals surface area contributed by atoms with Crippen LogP contribution in [0.15, 0.2) is 54.7 Å². The van der Waals surface area contributed by atoms with Crippen molar-refractivity contribution in [2.45, 2.75) is 31.8 Å². The summed E-state index contributed by atoms with van der Waals surface area (Å²) < 4.78 is 1.89. The summed E-state index contributed by atoms with van der Waals surface area (Å²) in [6, 6.07) is 15.5. The minimum absolute atomic E-state index is 0.0588. The van der Waals surface area contributed by atoms with E-state index in [4.69, 9.17) is 0 Å². The van der Waals surface area contributed by atoms with Gasteiger partial charge in [0.05, 0.1) is 12.1 Å². The van der Waals surface area contributed by atoms with Crippen molar-refractivity contribution in [2.24, 2.45) is 5.92 Å². The summed E-state index contributed by atoms with van der Waals surface area (Å²) in [4.78, 5) is 12.5. The second-order valence-electron chi connectivity index (χ2n) is 6.55. The van der Waals surface area contributed by atoms with Crippen molar-refractivity contribution in [2.75, 3.05) is 0 Å². The van der Waals surface area contributed by atoms with E-state index >= 15 is 0 Å². The average Bonchev–Trinajstić information content (AvgIpc) is 3.38. The fraction of sp³-hybridized carbons (Fsp3) is 0.316. The van der Waals surface area contributed by atoms with Crippen LogP contribution in [0.5, 0.6) is 0 Å². The predicted octanol–water partition coefficient (Wildman–Crippen LogP) is 3.24. The number of benzene rings is 1. The van der Waals surface area contributed by atoms with Crippen molar-refractivity contribution in [3.63, 3.8) is 0 Å². The monoisotopic (exact) mass is 335 g/mol. The van der Waals surface area contributed by atoms with E-state index in [1.807, 2.05) is 53.9 Å². The van der Waals surface area contributed by atoms with Gasteiger partial charge >= 0.3 is 6.03 Å². The number of urea groups is 1. The first-order valence-corrected chi connectivity index (χ1v) is 8.64. The number of carbonyl (C=O) groups excluding carboxylic acids is 1. The van der Waals surface area contributed by atoms with Crippen LogP contribution in [0.2, 0.25) is 0 Å². The summed E-state index contributed by atoms with van der Waals surface area (Å²) in [5.41, 5.74) is 1.92. The molecule has 2 N–H and O–H groups in total. The Bertz CT molecular complexity index is 872. The third-order valence-corrected chi connectivity index (χ3v) is 4.61. The number of carbonyl (C=O) groups is 1. The molecule has 2 atom stereocenters. The average molecular weight is 335 g/mol. The van der Waals surface area contributed by atoms with Gasteiger partial charge in [0.25, 0.3) is 0 Å². The van der Waals surface area contributed by atoms with E-state index in [-0.39, 0.29) is 18.1 Å². The lowest BCUT2D eigenvalue weighted by molar-refractivity contribution is 0.232. The summed E-state index contributed by atoms with van der Waals surface area (Å²) in [5, 5.41) is 14.5. The summed E-state index contributed by atoms with van der Waals surface area (Å²) in [7, 11) is 0. The van der Waals surface area contributed by atoms with Crippen molar-refractivity contribution in [1.29, 1.82) is 0 Å². The molecule has 0 aliphatic heterocycles. The van der Waals surface area contributed by atoms with Crippen LogP contribution in [-0.4, -0.2) is 20.6 Å². The first-order chi connectivity index (χ1) is 12.2. The van der Waals surface area contributed by atoms with Crippen molar-refractivity contribution in [1.82, 2.24) is 25.2 Å². The zero-order valence-electron chi connectivity index (χ0n) is 14.1. The topological polar surface area (TPSA) is 71.3 Å². The Morgan fingerprint density at radius 1 is 1.08 bits per heavy atom. The molecule has 6 nitrogen and oxygen atoms in total. The van der Waals surface area contributed by atoms with Crippen LogP contribution >= 0.6 is 0 Å². The van der Waals surface area contributed by atoms with Crippen molar-refractivity contribution < 1.29 is 4.79 Å². The highest BCUT2D eigenvalue weighted by atomic mass is 16.2. The van der Waals surface area contributed by atoms with Crippen LogP contribution in [0.1, 0.15) is 43.2 Å². The van der Waals surface area contributed by atoms with E-state index in [1.54, 1.807) is 0 Å². The van der Waals surface area contributed by atoms with Gasteiger partial charge in [-0.1, -0.05) is 36.4 Å². The number of nitrogens with one attached hydrogen (secondary N) is 2.